The van der Waals surface area contributed by atoms with Crippen molar-refractivity contribution in [1.82, 2.24) is 10.3 Å². The largest absolute Gasteiger partial charge is 0.384 e. The molecule has 1 aliphatic rings. The molecule has 3 nitrogen and oxygen atoms in total. The Morgan fingerprint density at radius 2 is 2.33 bits per heavy atom. The SMILES string of the molecule is c1ccc2c(c1)NCC2CCNCc1cscn1. The maximum Gasteiger partial charge on any atom is 0.0795 e. The first-order chi connectivity index (χ1) is 8.93. The van der Waals surface area contributed by atoms with Crippen LogP contribution in [0.3, 0.4) is 0 Å². The van der Waals surface area contributed by atoms with E-state index in [-0.39, 0.29) is 0 Å². The number of thiazole rings is 1. The number of hydrogen-bond acceptors (Lipinski definition) is 4. The maximum absolute atomic E-state index is 4.27. The van der Waals surface area contributed by atoms with Gasteiger partial charge in [-0.3, -0.25) is 0 Å². The number of hydrogen-bond donors (Lipinski definition) is 2. The lowest BCUT2D eigenvalue weighted by Gasteiger charge is -2.10. The van der Waals surface area contributed by atoms with Crippen molar-refractivity contribution in [3.05, 3.63) is 46.4 Å². The zero-order valence-corrected chi connectivity index (χ0v) is 11.0. The van der Waals surface area contributed by atoms with E-state index in [9.17, 15) is 0 Å². The van der Waals surface area contributed by atoms with Crippen LogP contribution >= 0.6 is 11.3 Å². The summed E-state index contributed by atoms with van der Waals surface area (Å²) in [7, 11) is 0. The quantitative estimate of drug-likeness (QED) is 0.811. The highest BCUT2D eigenvalue weighted by molar-refractivity contribution is 7.07. The summed E-state index contributed by atoms with van der Waals surface area (Å²) in [5.74, 6) is 0.643. The van der Waals surface area contributed by atoms with E-state index in [1.165, 1.54) is 17.7 Å². The van der Waals surface area contributed by atoms with Gasteiger partial charge in [-0.1, -0.05) is 18.2 Å². The highest BCUT2D eigenvalue weighted by Gasteiger charge is 2.20. The van der Waals surface area contributed by atoms with Crippen LogP contribution < -0.4 is 10.6 Å². The highest BCUT2D eigenvalue weighted by atomic mass is 32.1. The molecule has 0 bridgehead atoms. The van der Waals surface area contributed by atoms with Gasteiger partial charge in [0.25, 0.3) is 0 Å². The molecule has 3 rings (SSSR count). The summed E-state index contributed by atoms with van der Waals surface area (Å²) >= 11 is 1.65. The minimum Gasteiger partial charge on any atom is -0.384 e. The number of para-hydroxylation sites is 1. The average molecular weight is 259 g/mol. The molecule has 0 radical (unpaired) electrons. The molecule has 2 heterocycles. The van der Waals surface area contributed by atoms with Gasteiger partial charge < -0.3 is 10.6 Å². The number of nitrogens with zero attached hydrogens (tertiary/aromatic N) is 1. The number of aromatic nitrogens is 1. The predicted octanol–water partition coefficient (Wildman–Crippen LogP) is 2.83. The molecule has 0 amide bonds. The molecule has 4 heteroatoms. The first-order valence-corrected chi connectivity index (χ1v) is 7.28. The fourth-order valence-corrected chi connectivity index (χ4v) is 2.99. The summed E-state index contributed by atoms with van der Waals surface area (Å²) in [5, 5.41) is 9.02. The molecule has 1 aromatic heterocycles. The van der Waals surface area contributed by atoms with Crippen LogP contribution in [0.5, 0.6) is 0 Å². The Bertz CT molecular complexity index is 496. The molecule has 0 saturated carbocycles. The lowest BCUT2D eigenvalue weighted by molar-refractivity contribution is 0.589. The number of rotatable bonds is 5. The minimum absolute atomic E-state index is 0.643. The van der Waals surface area contributed by atoms with E-state index in [1.807, 2.05) is 5.51 Å². The molecule has 18 heavy (non-hydrogen) atoms. The van der Waals surface area contributed by atoms with Crippen LogP contribution in [0.2, 0.25) is 0 Å². The number of benzene rings is 1. The molecule has 0 aliphatic carbocycles. The fraction of sp³-hybridized carbons (Fsp3) is 0.357. The third-order valence-corrected chi connectivity index (χ3v) is 4.03. The van der Waals surface area contributed by atoms with Crippen molar-refractivity contribution in [1.29, 1.82) is 0 Å². The van der Waals surface area contributed by atoms with Crippen LogP contribution in [0.4, 0.5) is 5.69 Å². The number of fused-ring (bicyclic) bond motifs is 1. The summed E-state index contributed by atoms with van der Waals surface area (Å²) in [5.41, 5.74) is 5.80. The molecular formula is C14H17N3S. The van der Waals surface area contributed by atoms with Crippen molar-refractivity contribution in [2.75, 3.05) is 18.4 Å². The molecule has 94 valence electrons. The first kappa shape index (κ1) is 11.7. The molecule has 2 N–H and O–H groups in total. The molecule has 1 unspecified atom stereocenters. The van der Waals surface area contributed by atoms with Gasteiger partial charge in [0.15, 0.2) is 0 Å². The van der Waals surface area contributed by atoms with Crippen LogP contribution in [-0.2, 0) is 6.54 Å². The van der Waals surface area contributed by atoms with Crippen molar-refractivity contribution >= 4 is 17.0 Å². The van der Waals surface area contributed by atoms with Crippen LogP contribution in [0.1, 0.15) is 23.6 Å². The van der Waals surface area contributed by atoms with Gasteiger partial charge in [0.2, 0.25) is 0 Å². The van der Waals surface area contributed by atoms with Gasteiger partial charge in [-0.25, -0.2) is 4.98 Å². The standard InChI is InChI=1S/C14H17N3S/c1-2-4-14-13(3-1)11(7-16-14)5-6-15-8-12-9-18-10-17-12/h1-4,9-11,15-16H,5-8H2. The lowest BCUT2D eigenvalue weighted by Crippen LogP contribution is -2.18. The van der Waals surface area contributed by atoms with Crippen LogP contribution in [-0.4, -0.2) is 18.1 Å². The predicted molar refractivity (Wildman–Crippen MR) is 76.1 cm³/mol. The molecule has 0 fully saturated rings. The van der Waals surface area contributed by atoms with Gasteiger partial charge in [-0.05, 0) is 24.6 Å². The third kappa shape index (κ3) is 2.54. The molecule has 1 atom stereocenters. The monoisotopic (exact) mass is 259 g/mol. The normalized spacial score (nSPS) is 17.4. The fourth-order valence-electron chi connectivity index (χ4n) is 2.43. The average Bonchev–Trinajstić information content (AvgIpc) is 3.04. The van der Waals surface area contributed by atoms with Crippen LogP contribution in [0, 0.1) is 0 Å². The van der Waals surface area contributed by atoms with Gasteiger partial charge in [-0.15, -0.1) is 11.3 Å². The van der Waals surface area contributed by atoms with Gasteiger partial charge in [0.1, 0.15) is 0 Å². The summed E-state index contributed by atoms with van der Waals surface area (Å²) < 4.78 is 0. The van der Waals surface area contributed by atoms with E-state index in [4.69, 9.17) is 0 Å². The third-order valence-electron chi connectivity index (χ3n) is 3.40. The van der Waals surface area contributed by atoms with Crippen molar-refractivity contribution in [2.45, 2.75) is 18.9 Å². The Labute approximate surface area is 111 Å². The van der Waals surface area contributed by atoms with Crippen molar-refractivity contribution < 1.29 is 0 Å². The maximum atomic E-state index is 4.27. The second-order valence-electron chi connectivity index (χ2n) is 4.61. The smallest absolute Gasteiger partial charge is 0.0795 e. The lowest BCUT2D eigenvalue weighted by atomic mass is 9.98. The number of anilines is 1. The topological polar surface area (TPSA) is 37.0 Å². The van der Waals surface area contributed by atoms with E-state index in [0.29, 0.717) is 5.92 Å². The van der Waals surface area contributed by atoms with Gasteiger partial charge in [-0.2, -0.15) is 0 Å². The molecule has 1 aromatic carbocycles. The van der Waals surface area contributed by atoms with E-state index >= 15 is 0 Å². The van der Waals surface area contributed by atoms with Gasteiger partial charge in [0, 0.05) is 30.1 Å². The van der Waals surface area contributed by atoms with Crippen molar-refractivity contribution in [3.8, 4) is 0 Å². The summed E-state index contributed by atoms with van der Waals surface area (Å²) in [6, 6.07) is 8.62. The molecule has 2 aromatic rings. The molecular weight excluding hydrogens is 242 g/mol. The molecule has 1 aliphatic heterocycles. The minimum atomic E-state index is 0.643. The summed E-state index contributed by atoms with van der Waals surface area (Å²) in [4.78, 5) is 4.27. The Balaban J connectivity index is 1.47. The molecule has 0 spiro atoms. The second kappa shape index (κ2) is 5.50. The Morgan fingerprint density at radius 3 is 3.22 bits per heavy atom. The van der Waals surface area contributed by atoms with Crippen molar-refractivity contribution in [3.63, 3.8) is 0 Å². The molecule has 0 saturated heterocycles. The van der Waals surface area contributed by atoms with Crippen LogP contribution in [0.15, 0.2) is 35.2 Å². The first-order valence-electron chi connectivity index (χ1n) is 6.34. The van der Waals surface area contributed by atoms with Gasteiger partial charge >= 0.3 is 0 Å². The summed E-state index contributed by atoms with van der Waals surface area (Å²) in [6.07, 6.45) is 1.17. The van der Waals surface area contributed by atoms with Crippen LogP contribution in [0.25, 0.3) is 0 Å². The number of nitrogens with one attached hydrogen (secondary N) is 2. The zero-order valence-electron chi connectivity index (χ0n) is 10.2. The second-order valence-corrected chi connectivity index (χ2v) is 5.33. The Hall–Kier alpha value is -1.39. The van der Waals surface area contributed by atoms with E-state index < -0.39 is 0 Å². The zero-order chi connectivity index (χ0) is 12.2. The highest BCUT2D eigenvalue weighted by Crippen LogP contribution is 2.32. The van der Waals surface area contributed by atoms with Crippen molar-refractivity contribution in [2.24, 2.45) is 0 Å². The Morgan fingerprint density at radius 1 is 1.39 bits per heavy atom. The van der Waals surface area contributed by atoms with E-state index in [1.54, 1.807) is 11.3 Å². The van der Waals surface area contributed by atoms with Gasteiger partial charge in [0.05, 0.1) is 11.2 Å². The van der Waals surface area contributed by atoms with E-state index in [0.717, 1.165) is 25.3 Å². The summed E-state index contributed by atoms with van der Waals surface area (Å²) in [6.45, 7) is 2.99. The van der Waals surface area contributed by atoms with E-state index in [2.05, 4.69) is 45.3 Å². The Kier molecular flexibility index (Phi) is 3.57.